The fourth-order valence-corrected chi connectivity index (χ4v) is 3.07. The average molecular weight is 371 g/mol. The predicted molar refractivity (Wildman–Crippen MR) is 100.0 cm³/mol. The van der Waals surface area contributed by atoms with Gasteiger partial charge in [0.15, 0.2) is 0 Å². The fourth-order valence-electron chi connectivity index (χ4n) is 3.07. The second-order valence-corrected chi connectivity index (χ2v) is 6.32. The third-order valence-corrected chi connectivity index (χ3v) is 4.35. The van der Waals surface area contributed by atoms with Gasteiger partial charge in [0.2, 0.25) is 0 Å². The highest BCUT2D eigenvalue weighted by Gasteiger charge is 2.30. The third kappa shape index (κ3) is 4.35. The number of nitrogens with one attached hydrogen (secondary N) is 1. The molecule has 0 bridgehead atoms. The smallest absolute Gasteiger partial charge is 0.322 e. The van der Waals surface area contributed by atoms with Gasteiger partial charge in [-0.15, -0.1) is 0 Å². The first-order valence-corrected chi connectivity index (χ1v) is 8.56. The van der Waals surface area contributed by atoms with Crippen molar-refractivity contribution in [3.63, 3.8) is 0 Å². The van der Waals surface area contributed by atoms with Gasteiger partial charge in [0.1, 0.15) is 11.9 Å². The summed E-state index contributed by atoms with van der Waals surface area (Å²) in [6.45, 7) is 2.72. The fraction of sp³-hybridized carbons (Fsp3) is 0.316. The summed E-state index contributed by atoms with van der Waals surface area (Å²) < 4.78 is 11.2. The third-order valence-electron chi connectivity index (χ3n) is 4.35. The van der Waals surface area contributed by atoms with E-state index in [1.807, 2.05) is 37.3 Å². The van der Waals surface area contributed by atoms with Gasteiger partial charge in [0.25, 0.3) is 5.69 Å². The number of hydrogen-bond acceptors (Lipinski definition) is 5. The second-order valence-electron chi connectivity index (χ2n) is 6.32. The van der Waals surface area contributed by atoms with E-state index in [1.54, 1.807) is 4.90 Å². The Labute approximate surface area is 156 Å². The van der Waals surface area contributed by atoms with Crippen LogP contribution in [0.3, 0.4) is 0 Å². The lowest BCUT2D eigenvalue weighted by atomic mass is 10.1. The number of ether oxygens (including phenoxy) is 2. The summed E-state index contributed by atoms with van der Waals surface area (Å²) in [6, 6.07) is 13.4. The van der Waals surface area contributed by atoms with Gasteiger partial charge in [-0.3, -0.25) is 10.1 Å². The Bertz CT molecular complexity index is 827. The van der Waals surface area contributed by atoms with Crippen LogP contribution < -0.4 is 10.1 Å². The van der Waals surface area contributed by atoms with Crippen molar-refractivity contribution in [3.8, 4) is 5.75 Å². The molecule has 0 aromatic heterocycles. The van der Waals surface area contributed by atoms with Crippen molar-refractivity contribution in [2.24, 2.45) is 0 Å². The van der Waals surface area contributed by atoms with E-state index in [0.29, 0.717) is 18.8 Å². The molecule has 0 aliphatic carbocycles. The Balaban J connectivity index is 1.77. The summed E-state index contributed by atoms with van der Waals surface area (Å²) >= 11 is 0. The maximum Gasteiger partial charge on any atom is 0.322 e. The van der Waals surface area contributed by atoms with Crippen LogP contribution in [-0.2, 0) is 4.74 Å². The number of carbonyl (C=O) groups is 1. The van der Waals surface area contributed by atoms with Crippen LogP contribution in [0.1, 0.15) is 18.6 Å². The number of methoxy groups -OCH3 is 1. The molecule has 0 unspecified atom stereocenters. The molecule has 1 aliphatic heterocycles. The molecule has 1 heterocycles. The second kappa shape index (κ2) is 8.05. The van der Waals surface area contributed by atoms with Gasteiger partial charge in [0, 0.05) is 18.7 Å². The maximum atomic E-state index is 12.8. The van der Waals surface area contributed by atoms with Crippen LogP contribution >= 0.6 is 0 Å². The minimum Gasteiger partial charge on any atom is -0.495 e. The van der Waals surface area contributed by atoms with Crippen LogP contribution in [0.25, 0.3) is 0 Å². The molecule has 1 fully saturated rings. The quantitative estimate of drug-likeness (QED) is 0.655. The summed E-state index contributed by atoms with van der Waals surface area (Å²) in [5, 5.41) is 13.7. The molecular formula is C19H21N3O5. The molecule has 3 rings (SSSR count). The number of nitrogens with zero attached hydrogens (tertiary/aromatic N) is 2. The number of rotatable bonds is 4. The van der Waals surface area contributed by atoms with Crippen molar-refractivity contribution < 1.29 is 19.2 Å². The van der Waals surface area contributed by atoms with Crippen molar-refractivity contribution in [3.05, 3.63) is 64.2 Å². The SMILES string of the molecule is COc1ccc([N+](=O)[O-])cc1NC(=O)N1C[C@@H](C)O[C@H](c2ccccc2)C1. The number of non-ortho nitro benzene ring substituents is 1. The van der Waals surface area contributed by atoms with E-state index < -0.39 is 4.92 Å². The molecule has 1 saturated heterocycles. The molecule has 27 heavy (non-hydrogen) atoms. The largest absolute Gasteiger partial charge is 0.495 e. The molecule has 0 spiro atoms. The van der Waals surface area contributed by atoms with Crippen molar-refractivity contribution in [1.29, 1.82) is 0 Å². The van der Waals surface area contributed by atoms with E-state index in [0.717, 1.165) is 5.56 Å². The van der Waals surface area contributed by atoms with Gasteiger partial charge in [0.05, 0.1) is 30.4 Å². The van der Waals surface area contributed by atoms with E-state index in [-0.39, 0.29) is 29.6 Å². The van der Waals surface area contributed by atoms with E-state index in [4.69, 9.17) is 9.47 Å². The molecule has 1 aliphatic rings. The lowest BCUT2D eigenvalue weighted by molar-refractivity contribution is -0.384. The molecule has 0 saturated carbocycles. The Kier molecular flexibility index (Phi) is 5.56. The normalized spacial score (nSPS) is 19.4. The first kappa shape index (κ1) is 18.7. The van der Waals surface area contributed by atoms with E-state index >= 15 is 0 Å². The van der Waals surface area contributed by atoms with Gasteiger partial charge in [-0.2, -0.15) is 0 Å². The molecular weight excluding hydrogens is 350 g/mol. The number of amides is 2. The van der Waals surface area contributed by atoms with Crippen molar-refractivity contribution in [2.45, 2.75) is 19.1 Å². The van der Waals surface area contributed by atoms with Crippen LogP contribution in [0.4, 0.5) is 16.2 Å². The number of hydrogen-bond donors (Lipinski definition) is 1. The number of benzene rings is 2. The molecule has 2 aromatic carbocycles. The minimum absolute atomic E-state index is 0.122. The molecule has 0 radical (unpaired) electrons. The van der Waals surface area contributed by atoms with Gasteiger partial charge < -0.3 is 19.7 Å². The van der Waals surface area contributed by atoms with Gasteiger partial charge in [-0.25, -0.2) is 4.79 Å². The molecule has 2 atom stereocenters. The molecule has 1 N–H and O–H groups in total. The van der Waals surface area contributed by atoms with Gasteiger partial charge >= 0.3 is 6.03 Å². The zero-order valence-corrected chi connectivity index (χ0v) is 15.1. The van der Waals surface area contributed by atoms with E-state index in [1.165, 1.54) is 25.3 Å². The molecule has 142 valence electrons. The molecule has 2 amide bonds. The number of morpholine rings is 1. The number of urea groups is 1. The topological polar surface area (TPSA) is 93.9 Å². The Morgan fingerprint density at radius 3 is 2.67 bits per heavy atom. The summed E-state index contributed by atoms with van der Waals surface area (Å²) in [4.78, 5) is 24.9. The predicted octanol–water partition coefficient (Wildman–Crippen LogP) is 3.60. The van der Waals surface area contributed by atoms with Crippen LogP contribution in [-0.4, -0.2) is 42.2 Å². The highest BCUT2D eigenvalue weighted by atomic mass is 16.6. The van der Waals surface area contributed by atoms with Crippen molar-refractivity contribution in [2.75, 3.05) is 25.5 Å². The minimum atomic E-state index is -0.517. The van der Waals surface area contributed by atoms with Crippen LogP contribution in [0.2, 0.25) is 0 Å². The maximum absolute atomic E-state index is 12.8. The molecule has 2 aromatic rings. The Hall–Kier alpha value is -3.13. The average Bonchev–Trinajstić information content (AvgIpc) is 2.68. The van der Waals surface area contributed by atoms with Gasteiger partial charge in [-0.05, 0) is 18.6 Å². The first-order chi connectivity index (χ1) is 13.0. The van der Waals surface area contributed by atoms with Gasteiger partial charge in [-0.1, -0.05) is 30.3 Å². The van der Waals surface area contributed by atoms with Crippen LogP contribution in [0.15, 0.2) is 48.5 Å². The Morgan fingerprint density at radius 2 is 2.00 bits per heavy atom. The van der Waals surface area contributed by atoms with E-state index in [2.05, 4.69) is 5.32 Å². The summed E-state index contributed by atoms with van der Waals surface area (Å²) in [6.07, 6.45) is -0.366. The zero-order valence-electron chi connectivity index (χ0n) is 15.1. The zero-order chi connectivity index (χ0) is 19.4. The summed E-state index contributed by atoms with van der Waals surface area (Å²) in [5.74, 6) is 0.356. The van der Waals surface area contributed by atoms with Crippen LogP contribution in [0.5, 0.6) is 5.75 Å². The summed E-state index contributed by atoms with van der Waals surface area (Å²) in [5.41, 5.74) is 1.13. The first-order valence-electron chi connectivity index (χ1n) is 8.56. The lowest BCUT2D eigenvalue weighted by Gasteiger charge is -2.37. The number of carbonyl (C=O) groups excluding carboxylic acids is 1. The Morgan fingerprint density at radius 1 is 1.26 bits per heavy atom. The molecule has 8 nitrogen and oxygen atoms in total. The monoisotopic (exact) mass is 371 g/mol. The summed E-state index contributed by atoms with van der Waals surface area (Å²) in [7, 11) is 1.44. The highest BCUT2D eigenvalue weighted by Crippen LogP contribution is 2.30. The van der Waals surface area contributed by atoms with E-state index in [9.17, 15) is 14.9 Å². The van der Waals surface area contributed by atoms with Crippen LogP contribution in [0, 0.1) is 10.1 Å². The number of nitro groups is 1. The highest BCUT2D eigenvalue weighted by molar-refractivity contribution is 5.91. The van der Waals surface area contributed by atoms with Crippen molar-refractivity contribution >= 4 is 17.4 Å². The standard InChI is InChI=1S/C19H21N3O5/c1-13-11-21(12-18(27-13)14-6-4-3-5-7-14)19(23)20-16-10-15(22(24)25)8-9-17(16)26-2/h3-10,13,18H,11-12H2,1-2H3,(H,20,23)/t13-,18+/m1/s1. The number of nitro benzene ring substituents is 1. The van der Waals surface area contributed by atoms with Crippen molar-refractivity contribution in [1.82, 2.24) is 4.90 Å². The molecule has 8 heteroatoms. The lowest BCUT2D eigenvalue weighted by Crippen LogP contribution is -2.47. The number of anilines is 1.